The number of carbonyl (C=O) groups is 1. The summed E-state index contributed by atoms with van der Waals surface area (Å²) in [5.41, 5.74) is 3.28. The Kier molecular flexibility index (Phi) is 13.3. The summed E-state index contributed by atoms with van der Waals surface area (Å²) in [6, 6.07) is 5.16. The SMILES string of the molecule is CCCCCCCCCCCCCC(=O)N/N=C\c1ccc(Cl)cc1Cl. The van der Waals surface area contributed by atoms with Crippen LogP contribution in [0.3, 0.4) is 0 Å². The summed E-state index contributed by atoms with van der Waals surface area (Å²) in [6.07, 6.45) is 16.1. The Labute approximate surface area is 168 Å². The Bertz CT molecular complexity index is 547. The lowest BCUT2D eigenvalue weighted by molar-refractivity contribution is -0.121. The maximum Gasteiger partial charge on any atom is 0.240 e. The van der Waals surface area contributed by atoms with E-state index < -0.39 is 0 Å². The summed E-state index contributed by atoms with van der Waals surface area (Å²) in [5.74, 6) is -0.0535. The van der Waals surface area contributed by atoms with Crippen molar-refractivity contribution in [2.75, 3.05) is 0 Å². The molecular formula is C21H32Cl2N2O. The first kappa shape index (κ1) is 23.0. The third kappa shape index (κ3) is 11.5. The number of nitrogens with one attached hydrogen (secondary N) is 1. The molecule has 0 spiro atoms. The highest BCUT2D eigenvalue weighted by Crippen LogP contribution is 2.19. The average Bonchev–Trinajstić information content (AvgIpc) is 2.61. The van der Waals surface area contributed by atoms with Crippen LogP contribution in [0.5, 0.6) is 0 Å². The molecule has 146 valence electrons. The Balaban J connectivity index is 1.99. The van der Waals surface area contributed by atoms with Gasteiger partial charge in [0.1, 0.15) is 0 Å². The topological polar surface area (TPSA) is 41.5 Å². The summed E-state index contributed by atoms with van der Waals surface area (Å²) in [7, 11) is 0. The van der Waals surface area contributed by atoms with E-state index in [-0.39, 0.29) is 5.91 Å². The van der Waals surface area contributed by atoms with Crippen molar-refractivity contribution in [1.82, 2.24) is 5.43 Å². The van der Waals surface area contributed by atoms with Crippen LogP contribution >= 0.6 is 23.2 Å². The van der Waals surface area contributed by atoms with Gasteiger partial charge in [-0.15, -0.1) is 0 Å². The molecule has 26 heavy (non-hydrogen) atoms. The quantitative estimate of drug-likeness (QED) is 0.202. The fraction of sp³-hybridized carbons (Fsp3) is 0.619. The molecule has 1 N–H and O–H groups in total. The number of nitrogens with zero attached hydrogens (tertiary/aromatic N) is 1. The predicted molar refractivity (Wildman–Crippen MR) is 113 cm³/mol. The van der Waals surface area contributed by atoms with Crippen LogP contribution in [0.1, 0.15) is 89.5 Å². The van der Waals surface area contributed by atoms with Crippen molar-refractivity contribution in [2.24, 2.45) is 5.10 Å². The number of hydrogen-bond donors (Lipinski definition) is 1. The van der Waals surface area contributed by atoms with Gasteiger partial charge in [0.2, 0.25) is 5.91 Å². The van der Waals surface area contributed by atoms with Gasteiger partial charge in [-0.1, -0.05) is 100 Å². The van der Waals surface area contributed by atoms with Gasteiger partial charge in [-0.3, -0.25) is 4.79 Å². The van der Waals surface area contributed by atoms with E-state index >= 15 is 0 Å². The highest BCUT2D eigenvalue weighted by atomic mass is 35.5. The number of unbranched alkanes of at least 4 members (excludes halogenated alkanes) is 10. The smallest absolute Gasteiger partial charge is 0.240 e. The Hall–Kier alpha value is -1.06. The maximum absolute atomic E-state index is 11.8. The third-order valence-electron chi connectivity index (χ3n) is 4.36. The molecule has 0 heterocycles. The van der Waals surface area contributed by atoms with Crippen LogP contribution in [0.4, 0.5) is 0 Å². The first-order chi connectivity index (χ1) is 12.6. The molecule has 0 aliphatic rings. The maximum atomic E-state index is 11.8. The van der Waals surface area contributed by atoms with Crippen LogP contribution in [-0.4, -0.2) is 12.1 Å². The second-order valence-electron chi connectivity index (χ2n) is 6.74. The van der Waals surface area contributed by atoms with Gasteiger partial charge in [0.15, 0.2) is 0 Å². The van der Waals surface area contributed by atoms with Crippen LogP contribution in [0, 0.1) is 0 Å². The summed E-state index contributed by atoms with van der Waals surface area (Å²) < 4.78 is 0. The molecule has 1 amide bonds. The average molecular weight is 399 g/mol. The van der Waals surface area contributed by atoms with E-state index in [1.807, 2.05) is 0 Å². The van der Waals surface area contributed by atoms with Crippen molar-refractivity contribution >= 4 is 35.3 Å². The minimum atomic E-state index is -0.0535. The van der Waals surface area contributed by atoms with E-state index in [0.717, 1.165) is 18.4 Å². The molecule has 1 aromatic carbocycles. The normalized spacial score (nSPS) is 11.2. The van der Waals surface area contributed by atoms with Crippen molar-refractivity contribution in [1.29, 1.82) is 0 Å². The lowest BCUT2D eigenvalue weighted by Crippen LogP contribution is -2.16. The molecule has 0 radical (unpaired) electrons. The third-order valence-corrected chi connectivity index (χ3v) is 4.93. The van der Waals surface area contributed by atoms with E-state index in [9.17, 15) is 4.79 Å². The molecule has 0 atom stereocenters. The van der Waals surface area contributed by atoms with Crippen LogP contribution in [0.2, 0.25) is 10.0 Å². The van der Waals surface area contributed by atoms with E-state index in [1.54, 1.807) is 18.2 Å². The highest BCUT2D eigenvalue weighted by molar-refractivity contribution is 6.36. The Morgan fingerprint density at radius 1 is 0.962 bits per heavy atom. The van der Waals surface area contributed by atoms with E-state index in [1.165, 1.54) is 64.0 Å². The van der Waals surface area contributed by atoms with Gasteiger partial charge < -0.3 is 0 Å². The molecule has 0 aliphatic heterocycles. The Morgan fingerprint density at radius 2 is 1.54 bits per heavy atom. The summed E-state index contributed by atoms with van der Waals surface area (Å²) >= 11 is 11.9. The molecule has 0 saturated heterocycles. The molecule has 0 saturated carbocycles. The van der Waals surface area contributed by atoms with Gasteiger partial charge >= 0.3 is 0 Å². The van der Waals surface area contributed by atoms with Gasteiger partial charge in [0.05, 0.1) is 11.2 Å². The van der Waals surface area contributed by atoms with Crippen molar-refractivity contribution in [3.8, 4) is 0 Å². The molecular weight excluding hydrogens is 367 g/mol. The monoisotopic (exact) mass is 398 g/mol. The Morgan fingerprint density at radius 3 is 2.12 bits per heavy atom. The largest absolute Gasteiger partial charge is 0.273 e. The molecule has 1 aromatic rings. The van der Waals surface area contributed by atoms with Crippen LogP contribution < -0.4 is 5.43 Å². The van der Waals surface area contributed by atoms with Crippen molar-refractivity contribution in [3.05, 3.63) is 33.8 Å². The van der Waals surface area contributed by atoms with Gasteiger partial charge in [-0.25, -0.2) is 5.43 Å². The van der Waals surface area contributed by atoms with E-state index in [2.05, 4.69) is 17.5 Å². The van der Waals surface area contributed by atoms with Crippen LogP contribution in [0.25, 0.3) is 0 Å². The summed E-state index contributed by atoms with van der Waals surface area (Å²) in [6.45, 7) is 2.25. The van der Waals surface area contributed by atoms with Gasteiger partial charge in [-0.2, -0.15) is 5.10 Å². The first-order valence-electron chi connectivity index (χ1n) is 9.90. The first-order valence-corrected chi connectivity index (χ1v) is 10.7. The van der Waals surface area contributed by atoms with Crippen molar-refractivity contribution in [3.63, 3.8) is 0 Å². The minimum absolute atomic E-state index is 0.0535. The lowest BCUT2D eigenvalue weighted by atomic mass is 10.1. The van der Waals surface area contributed by atoms with E-state index in [0.29, 0.717) is 16.5 Å². The number of benzene rings is 1. The fourth-order valence-electron chi connectivity index (χ4n) is 2.79. The summed E-state index contributed by atoms with van der Waals surface area (Å²) in [5, 5.41) is 5.04. The van der Waals surface area contributed by atoms with Crippen molar-refractivity contribution < 1.29 is 4.79 Å². The summed E-state index contributed by atoms with van der Waals surface area (Å²) in [4.78, 5) is 11.8. The molecule has 1 rings (SSSR count). The molecule has 3 nitrogen and oxygen atoms in total. The molecule has 0 unspecified atom stereocenters. The number of hydrazone groups is 1. The van der Waals surface area contributed by atoms with Gasteiger partial charge in [0.25, 0.3) is 0 Å². The highest BCUT2D eigenvalue weighted by Gasteiger charge is 2.01. The van der Waals surface area contributed by atoms with Gasteiger partial charge in [0, 0.05) is 17.0 Å². The number of carbonyl (C=O) groups excluding carboxylic acids is 1. The number of rotatable bonds is 14. The molecule has 0 aromatic heterocycles. The second-order valence-corrected chi connectivity index (χ2v) is 7.59. The second kappa shape index (κ2) is 15.0. The number of hydrogen-bond acceptors (Lipinski definition) is 2. The van der Waals surface area contributed by atoms with Crippen molar-refractivity contribution in [2.45, 2.75) is 84.0 Å². The zero-order valence-corrected chi connectivity index (χ0v) is 17.4. The molecule has 0 bridgehead atoms. The minimum Gasteiger partial charge on any atom is -0.273 e. The zero-order valence-electron chi connectivity index (χ0n) is 15.9. The van der Waals surface area contributed by atoms with Crippen LogP contribution in [0.15, 0.2) is 23.3 Å². The lowest BCUT2D eigenvalue weighted by Gasteiger charge is -2.03. The number of amides is 1. The van der Waals surface area contributed by atoms with E-state index in [4.69, 9.17) is 23.2 Å². The van der Waals surface area contributed by atoms with Crippen LogP contribution in [-0.2, 0) is 4.79 Å². The number of halogens is 2. The standard InChI is InChI=1S/C21H32Cl2N2O/c1-2-3-4-5-6-7-8-9-10-11-12-13-21(26)25-24-17-18-14-15-19(22)16-20(18)23/h14-17H,2-13H2,1H3,(H,25,26)/b24-17-. The fourth-order valence-corrected chi connectivity index (χ4v) is 3.24. The zero-order chi connectivity index (χ0) is 19.0. The van der Waals surface area contributed by atoms with Gasteiger partial charge in [-0.05, 0) is 18.6 Å². The molecule has 0 aliphatic carbocycles. The molecule has 5 heteroatoms. The predicted octanol–water partition coefficient (Wildman–Crippen LogP) is 7.14. The molecule has 0 fully saturated rings.